The van der Waals surface area contributed by atoms with Gasteiger partial charge in [-0.25, -0.2) is 10.4 Å². The first-order valence-corrected chi connectivity index (χ1v) is 7.68. The maximum absolute atomic E-state index is 12.3. The lowest BCUT2D eigenvalue weighted by molar-refractivity contribution is -1.07. The van der Waals surface area contributed by atoms with Gasteiger partial charge in [-0.2, -0.15) is 0 Å². The molecule has 1 saturated carbocycles. The number of nitrogens with one attached hydrogen (secondary N) is 2. The van der Waals surface area contributed by atoms with Crippen LogP contribution in [0.5, 0.6) is 0 Å². The molecule has 5 heteroatoms. The minimum Gasteiger partial charge on any atom is -0.600 e. The average molecular weight is 271 g/mol. The molecule has 1 saturated heterocycles. The number of quaternary nitrogens is 2. The highest BCUT2D eigenvalue weighted by molar-refractivity contribution is 5.82. The summed E-state index contributed by atoms with van der Waals surface area (Å²) in [6, 6.07) is 0.387. The summed E-state index contributed by atoms with van der Waals surface area (Å²) in [6.07, 6.45) is 6.66. The fourth-order valence-corrected chi connectivity index (χ4v) is 3.55. The van der Waals surface area contributed by atoms with Gasteiger partial charge in [0.15, 0.2) is 5.78 Å². The molecular weight excluding hydrogens is 244 g/mol. The normalized spacial score (nSPS) is 37.8. The van der Waals surface area contributed by atoms with Gasteiger partial charge in [0.25, 0.3) is 0 Å². The number of ketones is 1. The highest BCUT2D eigenvalue weighted by Crippen LogP contribution is 2.23. The summed E-state index contributed by atoms with van der Waals surface area (Å²) < 4.78 is 0. The van der Waals surface area contributed by atoms with Crippen molar-refractivity contribution in [1.29, 1.82) is 0 Å². The van der Waals surface area contributed by atoms with Gasteiger partial charge >= 0.3 is 0 Å². The molecule has 5 nitrogen and oxygen atoms in total. The third kappa shape index (κ3) is 3.99. The molecule has 0 bridgehead atoms. The Labute approximate surface area is 115 Å². The molecule has 2 fully saturated rings. The van der Waals surface area contributed by atoms with E-state index in [1.54, 1.807) is 0 Å². The van der Waals surface area contributed by atoms with Crippen molar-refractivity contribution in [2.24, 2.45) is 5.92 Å². The molecule has 1 aliphatic heterocycles. The summed E-state index contributed by atoms with van der Waals surface area (Å²) in [5.41, 5.74) is 0. The second-order valence-corrected chi connectivity index (χ2v) is 6.33. The molecule has 0 amide bonds. The molecule has 110 valence electrons. The number of rotatable bonds is 4. The fraction of sp³-hybridized carbons (Fsp3) is 0.929. The molecule has 2 aliphatic rings. The van der Waals surface area contributed by atoms with Crippen LogP contribution in [0.4, 0.5) is 0 Å². The van der Waals surface area contributed by atoms with E-state index < -0.39 is 5.23 Å². The van der Waals surface area contributed by atoms with Gasteiger partial charge in [-0.3, -0.25) is 4.79 Å². The van der Waals surface area contributed by atoms with Crippen LogP contribution in [0.2, 0.25) is 0 Å². The van der Waals surface area contributed by atoms with Crippen molar-refractivity contribution in [3.8, 4) is 0 Å². The van der Waals surface area contributed by atoms with Gasteiger partial charge in [-0.1, -0.05) is 0 Å². The van der Waals surface area contributed by atoms with Crippen LogP contribution in [0.3, 0.4) is 0 Å². The summed E-state index contributed by atoms with van der Waals surface area (Å²) in [4.78, 5) is 13.8. The lowest BCUT2D eigenvalue weighted by Crippen LogP contribution is -3.17. The van der Waals surface area contributed by atoms with E-state index in [1.807, 2.05) is 0 Å². The predicted molar refractivity (Wildman–Crippen MR) is 70.9 cm³/mol. The van der Waals surface area contributed by atoms with E-state index in [1.165, 1.54) is 24.2 Å². The van der Waals surface area contributed by atoms with E-state index >= 15 is 0 Å². The van der Waals surface area contributed by atoms with Crippen LogP contribution in [-0.4, -0.2) is 36.2 Å². The Kier molecular flexibility index (Phi) is 5.33. The van der Waals surface area contributed by atoms with E-state index in [0.717, 1.165) is 19.4 Å². The van der Waals surface area contributed by atoms with Gasteiger partial charge in [0, 0.05) is 18.8 Å². The van der Waals surface area contributed by atoms with E-state index in [2.05, 4.69) is 6.92 Å². The van der Waals surface area contributed by atoms with Crippen LogP contribution in [0.25, 0.3) is 0 Å². The molecule has 0 aromatic carbocycles. The Balaban J connectivity index is 1.78. The van der Waals surface area contributed by atoms with Crippen LogP contribution < -0.4 is 10.1 Å². The summed E-state index contributed by atoms with van der Waals surface area (Å²) in [5, 5.41) is 19.2. The second-order valence-electron chi connectivity index (χ2n) is 6.33. The first kappa shape index (κ1) is 14.9. The Bertz CT molecular complexity index is 301. The topological polar surface area (TPSA) is 69.2 Å². The number of hydrogen-bond donors (Lipinski definition) is 3. The quantitative estimate of drug-likeness (QED) is 0.595. The molecule has 2 rings (SSSR count). The smallest absolute Gasteiger partial charge is 0.189 e. The van der Waals surface area contributed by atoms with Gasteiger partial charge in [0.2, 0.25) is 0 Å². The van der Waals surface area contributed by atoms with Gasteiger partial charge < -0.3 is 10.1 Å². The van der Waals surface area contributed by atoms with E-state index in [4.69, 9.17) is 5.21 Å². The summed E-state index contributed by atoms with van der Waals surface area (Å²) in [5.74, 6) is 0.491. The molecular formula is C14H27N2O3+. The van der Waals surface area contributed by atoms with Crippen molar-refractivity contribution in [3.63, 3.8) is 0 Å². The zero-order valence-corrected chi connectivity index (χ0v) is 11.9. The molecule has 0 aromatic heterocycles. The first-order valence-electron chi connectivity index (χ1n) is 7.68. The zero-order chi connectivity index (χ0) is 13.8. The van der Waals surface area contributed by atoms with Crippen LogP contribution in [0.15, 0.2) is 0 Å². The van der Waals surface area contributed by atoms with Crippen LogP contribution in [-0.2, 0) is 4.79 Å². The Morgan fingerprint density at radius 1 is 1.26 bits per heavy atom. The van der Waals surface area contributed by atoms with Gasteiger partial charge in [0.05, 0.1) is 12.6 Å². The highest BCUT2D eigenvalue weighted by atomic mass is 16.8. The standard InChI is InChI=1S/C14H26N2O3/c1-11-4-2-3-9-15(11)10-14(17)12-5-7-13(8-6-12)16(18)19/h11-13,16,18H,2-10H2,1H3/p+1. The van der Waals surface area contributed by atoms with Crippen molar-refractivity contribution in [1.82, 2.24) is 0 Å². The Morgan fingerprint density at radius 2 is 1.95 bits per heavy atom. The largest absolute Gasteiger partial charge is 0.600 e. The number of likely N-dealkylation sites (tertiary alicyclic amines) is 1. The molecule has 19 heavy (non-hydrogen) atoms. The first-order chi connectivity index (χ1) is 9.08. The monoisotopic (exact) mass is 271 g/mol. The predicted octanol–water partition coefficient (Wildman–Crippen LogP) is -0.656. The number of carbonyl (C=O) groups excluding carboxylic acids is 1. The molecule has 0 radical (unpaired) electrons. The SMILES string of the molecule is CC1CCCC[NH+]1CC(=O)C1CCC([NH+]([O-])O)CC1. The molecule has 0 spiro atoms. The third-order valence-corrected chi connectivity index (χ3v) is 5.02. The summed E-state index contributed by atoms with van der Waals surface area (Å²) in [6.45, 7) is 4.02. The molecule has 0 aromatic rings. The molecule has 1 heterocycles. The van der Waals surface area contributed by atoms with Gasteiger partial charge in [0.1, 0.15) is 12.6 Å². The second kappa shape index (κ2) is 6.79. The minimum atomic E-state index is -0.693. The van der Waals surface area contributed by atoms with E-state index in [9.17, 15) is 10.0 Å². The molecule has 1 aliphatic carbocycles. The van der Waals surface area contributed by atoms with Crippen molar-refractivity contribution in [3.05, 3.63) is 5.21 Å². The molecule has 3 unspecified atom stereocenters. The van der Waals surface area contributed by atoms with E-state index in [0.29, 0.717) is 31.2 Å². The van der Waals surface area contributed by atoms with Crippen LogP contribution in [0.1, 0.15) is 51.9 Å². The lowest BCUT2D eigenvalue weighted by Gasteiger charge is -2.33. The van der Waals surface area contributed by atoms with Crippen molar-refractivity contribution in [2.75, 3.05) is 13.1 Å². The van der Waals surface area contributed by atoms with Crippen LogP contribution >= 0.6 is 0 Å². The summed E-state index contributed by atoms with van der Waals surface area (Å²) in [7, 11) is 0. The number of Topliss-reactive ketones (excluding diaryl/α,β-unsaturated/α-hetero) is 1. The number of hydrogen-bond acceptors (Lipinski definition) is 3. The van der Waals surface area contributed by atoms with Crippen LogP contribution in [0, 0.1) is 11.1 Å². The highest BCUT2D eigenvalue weighted by Gasteiger charge is 2.32. The minimum absolute atomic E-state index is 0.122. The fourth-order valence-electron chi connectivity index (χ4n) is 3.55. The van der Waals surface area contributed by atoms with Crippen molar-refractivity contribution in [2.45, 2.75) is 64.0 Å². The molecule has 3 atom stereocenters. The Morgan fingerprint density at radius 3 is 2.53 bits per heavy atom. The number of carbonyl (C=O) groups is 1. The van der Waals surface area contributed by atoms with Gasteiger partial charge in [-0.15, -0.1) is 0 Å². The zero-order valence-electron chi connectivity index (χ0n) is 11.9. The Hall–Kier alpha value is -0.490. The van der Waals surface area contributed by atoms with Crippen molar-refractivity contribution >= 4 is 5.78 Å². The van der Waals surface area contributed by atoms with E-state index in [-0.39, 0.29) is 12.0 Å². The number of piperidine rings is 1. The number of hydroxylamine groups is 2. The lowest BCUT2D eigenvalue weighted by atomic mass is 9.83. The van der Waals surface area contributed by atoms with Gasteiger partial charge in [-0.05, 0) is 39.0 Å². The maximum atomic E-state index is 12.3. The summed E-state index contributed by atoms with van der Waals surface area (Å²) >= 11 is 0. The maximum Gasteiger partial charge on any atom is 0.189 e. The third-order valence-electron chi connectivity index (χ3n) is 5.02. The van der Waals surface area contributed by atoms with Crippen molar-refractivity contribution < 1.29 is 20.1 Å². The average Bonchev–Trinajstić information content (AvgIpc) is 2.41. The molecule has 3 N–H and O–H groups in total.